The summed E-state index contributed by atoms with van der Waals surface area (Å²) in [5, 5.41) is 5.80. The molecular formula is C47H66N2O11. The largest absolute Gasteiger partial charge is 0.463 e. The van der Waals surface area contributed by atoms with Gasteiger partial charge in [-0.3, -0.25) is 14.4 Å². The first-order valence-corrected chi connectivity index (χ1v) is 22.5. The Balaban J connectivity index is 1.00. The van der Waals surface area contributed by atoms with E-state index in [2.05, 4.69) is 44.4 Å². The molecule has 13 nitrogen and oxygen atoms in total. The second-order valence-electron chi connectivity index (χ2n) is 19.6. The topological polar surface area (TPSA) is 157 Å². The van der Waals surface area contributed by atoms with Crippen LogP contribution in [0.15, 0.2) is 42.0 Å². The van der Waals surface area contributed by atoms with Crippen molar-refractivity contribution in [2.24, 2.45) is 46.3 Å². The van der Waals surface area contributed by atoms with Gasteiger partial charge in [-0.15, -0.1) is 0 Å². The van der Waals surface area contributed by atoms with Crippen LogP contribution in [0, 0.1) is 46.3 Å². The molecule has 3 heterocycles. The number of hydrogen-bond donors (Lipinski definition) is 2. The molecule has 3 aliphatic heterocycles. The minimum absolute atomic E-state index is 0.0269. The van der Waals surface area contributed by atoms with Crippen molar-refractivity contribution in [3.8, 4) is 0 Å². The third-order valence-electron chi connectivity index (χ3n) is 15.9. The number of ether oxygens (including phenoxy) is 7. The molecule has 330 valence electrons. The van der Waals surface area contributed by atoms with Crippen molar-refractivity contribution in [3.05, 3.63) is 47.5 Å². The molecule has 8 rings (SSSR count). The Bertz CT molecular complexity index is 1800. The predicted molar refractivity (Wildman–Crippen MR) is 219 cm³/mol. The van der Waals surface area contributed by atoms with Crippen molar-refractivity contribution in [2.45, 2.75) is 161 Å². The summed E-state index contributed by atoms with van der Waals surface area (Å²) in [6.07, 6.45) is 6.95. The van der Waals surface area contributed by atoms with Crippen LogP contribution in [0.25, 0.3) is 0 Å². The molecule has 13 heteroatoms. The summed E-state index contributed by atoms with van der Waals surface area (Å²) in [4.78, 5) is 50.6. The van der Waals surface area contributed by atoms with E-state index in [0.29, 0.717) is 41.9 Å². The number of rotatable bonds is 9. The second-order valence-corrected chi connectivity index (χ2v) is 19.6. The van der Waals surface area contributed by atoms with Gasteiger partial charge in [0.2, 0.25) is 0 Å². The zero-order valence-corrected chi connectivity index (χ0v) is 36.4. The van der Waals surface area contributed by atoms with Crippen LogP contribution in [0.4, 0.5) is 4.79 Å². The molecule has 2 N–H and O–H groups in total. The van der Waals surface area contributed by atoms with Crippen LogP contribution in [-0.2, 0) is 54.1 Å². The maximum absolute atomic E-state index is 13.5. The Morgan fingerprint density at radius 2 is 1.63 bits per heavy atom. The molecule has 60 heavy (non-hydrogen) atoms. The lowest BCUT2D eigenvalue weighted by Gasteiger charge is -2.58. The highest BCUT2D eigenvalue weighted by molar-refractivity contribution is 5.74. The zero-order chi connectivity index (χ0) is 42.6. The number of hydrogen-bond acceptors (Lipinski definition) is 11. The van der Waals surface area contributed by atoms with E-state index in [9.17, 15) is 19.2 Å². The Hall–Kier alpha value is -3.52. The Labute approximate surface area is 354 Å². The van der Waals surface area contributed by atoms with Crippen LogP contribution >= 0.6 is 0 Å². The molecule has 0 unspecified atom stereocenters. The normalized spacial score (nSPS) is 43.0. The van der Waals surface area contributed by atoms with E-state index in [1.54, 1.807) is 0 Å². The number of urea groups is 1. The van der Waals surface area contributed by atoms with Crippen LogP contribution in [0.3, 0.4) is 0 Å². The Kier molecular flexibility index (Phi) is 12.2. The molecule has 3 saturated carbocycles. The van der Waals surface area contributed by atoms with E-state index in [-0.39, 0.29) is 36.2 Å². The molecular weight excluding hydrogens is 769 g/mol. The Morgan fingerprint density at radius 3 is 2.33 bits per heavy atom. The number of benzene rings is 1. The summed E-state index contributed by atoms with van der Waals surface area (Å²) < 4.78 is 43.8. The molecule has 16 atom stereocenters. The van der Waals surface area contributed by atoms with Crippen LogP contribution in [-0.4, -0.2) is 85.8 Å². The summed E-state index contributed by atoms with van der Waals surface area (Å²) in [5.41, 5.74) is 2.55. The highest BCUT2D eigenvalue weighted by Crippen LogP contribution is 2.70. The lowest BCUT2D eigenvalue weighted by molar-refractivity contribution is -0.289. The van der Waals surface area contributed by atoms with Crippen LogP contribution in [0.5, 0.6) is 0 Å². The molecule has 0 bridgehead atoms. The summed E-state index contributed by atoms with van der Waals surface area (Å²) in [7, 11) is 0. The monoisotopic (exact) mass is 834 g/mol. The maximum atomic E-state index is 13.5. The van der Waals surface area contributed by atoms with Crippen molar-refractivity contribution >= 4 is 23.9 Å². The number of fused-ring (bicyclic) bond motifs is 7. The third kappa shape index (κ3) is 8.13. The summed E-state index contributed by atoms with van der Waals surface area (Å²) in [5.74, 6) is 0.954. The van der Waals surface area contributed by atoms with Gasteiger partial charge in [0.05, 0.1) is 18.8 Å². The molecule has 0 radical (unpaired) electrons. The SMILES string of the molecule is CC(=O)OC[C@H]1O[C@@H](O[C@H]2CC[C@@]3(C)C(=CC[C@H]4[C@@H]5C[C@@H]6O[C@]7(CC[C@@H](C)CO7)[C@@H](C)[C@@H]6[C@@]5(C)CC[C@@H]43)C2)[C@H](NC(=O)NCc2ccccc2)[C@@H](OC(C)=O)[C@@H]1OC(C)=O. The number of carbonyl (C=O) groups is 4. The second kappa shape index (κ2) is 17.0. The summed E-state index contributed by atoms with van der Waals surface area (Å²) in [6.45, 7) is 14.2. The smallest absolute Gasteiger partial charge is 0.315 e. The van der Waals surface area contributed by atoms with Crippen molar-refractivity contribution in [3.63, 3.8) is 0 Å². The highest BCUT2D eigenvalue weighted by atomic mass is 16.7. The fourth-order valence-corrected chi connectivity index (χ4v) is 13.1. The molecule has 2 amide bonds. The molecule has 1 spiro atoms. The van der Waals surface area contributed by atoms with Gasteiger partial charge in [-0.2, -0.15) is 0 Å². The molecule has 1 aromatic carbocycles. The number of carbonyl (C=O) groups excluding carboxylic acids is 4. The van der Waals surface area contributed by atoms with Crippen molar-refractivity contribution in [2.75, 3.05) is 13.2 Å². The molecule has 0 aromatic heterocycles. The summed E-state index contributed by atoms with van der Waals surface area (Å²) >= 11 is 0. The van der Waals surface area contributed by atoms with Gasteiger partial charge in [0.25, 0.3) is 0 Å². The predicted octanol–water partition coefficient (Wildman–Crippen LogP) is 6.76. The zero-order valence-electron chi connectivity index (χ0n) is 36.4. The molecule has 1 aromatic rings. The highest BCUT2D eigenvalue weighted by Gasteiger charge is 2.69. The van der Waals surface area contributed by atoms with Gasteiger partial charge in [0.1, 0.15) is 18.8 Å². The number of nitrogens with one attached hydrogen (secondary N) is 2. The minimum Gasteiger partial charge on any atom is -0.463 e. The molecule has 6 fully saturated rings. The van der Waals surface area contributed by atoms with Gasteiger partial charge in [-0.25, -0.2) is 4.79 Å². The van der Waals surface area contributed by atoms with Gasteiger partial charge in [0.15, 0.2) is 24.3 Å². The number of esters is 3. The number of amides is 2. The van der Waals surface area contributed by atoms with Gasteiger partial charge in [-0.1, -0.05) is 69.7 Å². The fourth-order valence-electron chi connectivity index (χ4n) is 13.1. The van der Waals surface area contributed by atoms with E-state index < -0.39 is 60.4 Å². The standard InChI is InChI=1S/C47H66N2O11/c1-26-15-20-47(55-24-26)27(2)39-37(60-47)22-36-34-14-13-32-21-33(16-18-45(32,6)35(34)17-19-46(36,39)7)58-43-40(49-44(53)48-23-31-11-9-8-10-12-31)42(57-30(5)52)41(56-29(4)51)38(59-43)25-54-28(3)50/h8-13,26-27,33-43H,14-25H2,1-7H3,(H2,48,49,53)/t26-,27+,33+,34-,35+,36+,37+,38-,39+,40-,41-,42-,43-,45+,46+,47-/m1/s1. The van der Waals surface area contributed by atoms with Gasteiger partial charge in [-0.05, 0) is 97.3 Å². The van der Waals surface area contributed by atoms with Crippen molar-refractivity contribution in [1.29, 1.82) is 0 Å². The van der Waals surface area contributed by atoms with Gasteiger partial charge < -0.3 is 43.8 Å². The van der Waals surface area contributed by atoms with E-state index >= 15 is 0 Å². The Morgan fingerprint density at radius 1 is 0.883 bits per heavy atom. The lowest BCUT2D eigenvalue weighted by Crippen LogP contribution is -2.68. The maximum Gasteiger partial charge on any atom is 0.315 e. The fraction of sp³-hybridized carbons (Fsp3) is 0.745. The van der Waals surface area contributed by atoms with E-state index in [1.807, 2.05) is 30.3 Å². The van der Waals surface area contributed by atoms with E-state index in [0.717, 1.165) is 50.7 Å². The first kappa shape index (κ1) is 43.1. The average Bonchev–Trinajstić information content (AvgIpc) is 3.65. The van der Waals surface area contributed by atoms with Gasteiger partial charge in [0, 0.05) is 39.7 Å². The van der Waals surface area contributed by atoms with E-state index in [1.165, 1.54) is 39.2 Å². The average molecular weight is 835 g/mol. The van der Waals surface area contributed by atoms with Crippen molar-refractivity contribution in [1.82, 2.24) is 10.6 Å². The molecule has 4 aliphatic carbocycles. The summed E-state index contributed by atoms with van der Waals surface area (Å²) in [6, 6.07) is 7.83. The van der Waals surface area contributed by atoms with Crippen LogP contribution in [0.2, 0.25) is 0 Å². The van der Waals surface area contributed by atoms with Crippen LogP contribution in [0.1, 0.15) is 112 Å². The minimum atomic E-state index is -1.21. The van der Waals surface area contributed by atoms with Gasteiger partial charge >= 0.3 is 23.9 Å². The first-order valence-electron chi connectivity index (χ1n) is 22.5. The number of allylic oxidation sites excluding steroid dienone is 1. The van der Waals surface area contributed by atoms with Crippen LogP contribution < -0.4 is 10.6 Å². The van der Waals surface area contributed by atoms with Crippen molar-refractivity contribution < 1.29 is 52.3 Å². The quantitative estimate of drug-likeness (QED) is 0.154. The lowest BCUT2D eigenvalue weighted by atomic mass is 9.47. The third-order valence-corrected chi connectivity index (χ3v) is 15.9. The molecule has 3 saturated heterocycles. The van der Waals surface area contributed by atoms with E-state index in [4.69, 9.17) is 33.2 Å². The molecule has 7 aliphatic rings. The first-order chi connectivity index (χ1) is 28.6.